The monoisotopic (exact) mass is 481 g/mol. The van der Waals surface area contributed by atoms with E-state index in [9.17, 15) is 4.79 Å². The van der Waals surface area contributed by atoms with E-state index in [1.807, 2.05) is 85.8 Å². The van der Waals surface area contributed by atoms with Gasteiger partial charge in [-0.25, -0.2) is 4.98 Å². The van der Waals surface area contributed by atoms with Crippen LogP contribution in [0.2, 0.25) is 0 Å². The van der Waals surface area contributed by atoms with Crippen LogP contribution >= 0.6 is 0 Å². The molecule has 7 heteroatoms. The second-order valence-electron chi connectivity index (χ2n) is 8.48. The van der Waals surface area contributed by atoms with E-state index in [0.717, 1.165) is 23.4 Å². The minimum Gasteiger partial charge on any atom is -0.497 e. The molecule has 4 aromatic rings. The molecule has 0 radical (unpaired) electrons. The lowest BCUT2D eigenvalue weighted by Crippen LogP contribution is -2.37. The van der Waals surface area contributed by atoms with E-state index >= 15 is 0 Å². The first-order valence-corrected chi connectivity index (χ1v) is 12.0. The number of ether oxygens (including phenoxy) is 1. The molecule has 0 unspecified atom stereocenters. The largest absolute Gasteiger partial charge is 0.497 e. The lowest BCUT2D eigenvalue weighted by Gasteiger charge is -2.20. The topological polar surface area (TPSA) is 88.2 Å². The summed E-state index contributed by atoms with van der Waals surface area (Å²) in [6.45, 7) is 2.62. The van der Waals surface area contributed by atoms with Gasteiger partial charge < -0.3 is 20.7 Å². The third-order valence-corrected chi connectivity index (χ3v) is 5.67. The molecule has 1 aromatic heterocycles. The van der Waals surface area contributed by atoms with E-state index < -0.39 is 6.04 Å². The Hall–Kier alpha value is -4.39. The van der Waals surface area contributed by atoms with E-state index in [-0.39, 0.29) is 5.91 Å². The summed E-state index contributed by atoms with van der Waals surface area (Å²) >= 11 is 0. The highest BCUT2D eigenvalue weighted by Gasteiger charge is 2.20. The Morgan fingerprint density at radius 3 is 2.22 bits per heavy atom. The van der Waals surface area contributed by atoms with Crippen LogP contribution in [0.4, 0.5) is 17.5 Å². The maximum Gasteiger partial charge on any atom is 0.247 e. The van der Waals surface area contributed by atoms with Gasteiger partial charge in [-0.05, 0) is 48.7 Å². The third-order valence-electron chi connectivity index (χ3n) is 5.67. The van der Waals surface area contributed by atoms with Crippen molar-refractivity contribution in [1.82, 2.24) is 9.97 Å². The highest BCUT2D eigenvalue weighted by molar-refractivity contribution is 5.96. The molecule has 4 rings (SSSR count). The zero-order chi connectivity index (χ0) is 25.2. The van der Waals surface area contributed by atoms with Gasteiger partial charge in [0.1, 0.15) is 17.6 Å². The van der Waals surface area contributed by atoms with Crippen molar-refractivity contribution in [3.63, 3.8) is 0 Å². The Morgan fingerprint density at radius 1 is 0.889 bits per heavy atom. The number of aryl methyl sites for hydroxylation is 1. The number of carbonyl (C=O) groups excluding carboxylic acids is 1. The number of aromatic nitrogens is 2. The molecule has 7 nitrogen and oxygen atoms in total. The van der Waals surface area contributed by atoms with Gasteiger partial charge in [0.15, 0.2) is 0 Å². The van der Waals surface area contributed by atoms with Crippen molar-refractivity contribution in [2.45, 2.75) is 25.8 Å². The number of benzene rings is 3. The summed E-state index contributed by atoms with van der Waals surface area (Å²) in [7, 11) is 1.61. The first-order valence-electron chi connectivity index (χ1n) is 12.0. The van der Waals surface area contributed by atoms with E-state index in [1.165, 1.54) is 5.56 Å². The van der Waals surface area contributed by atoms with Gasteiger partial charge in [-0.15, -0.1) is 0 Å². The van der Waals surface area contributed by atoms with Crippen molar-refractivity contribution < 1.29 is 9.53 Å². The van der Waals surface area contributed by atoms with Gasteiger partial charge in [-0.3, -0.25) is 4.79 Å². The minimum absolute atomic E-state index is 0.154. The van der Waals surface area contributed by atoms with Crippen LogP contribution in [0.1, 0.15) is 16.8 Å². The molecule has 36 heavy (non-hydrogen) atoms. The standard InChI is InChI=1S/C29H31N5O2/c1-21-19-27(34-29(31-21)30-18-17-22-9-5-3-6-10-22)33-26(20-23-11-7-4-8-12-23)28(35)32-24-13-15-25(36-2)16-14-24/h3-16,19,26H,17-18,20H2,1-2H3,(H,32,35)(H2,30,31,33,34)/t26-/m0/s1. The molecule has 0 saturated heterocycles. The van der Waals surface area contributed by atoms with Crippen LogP contribution in [-0.4, -0.2) is 35.6 Å². The van der Waals surface area contributed by atoms with Crippen molar-refractivity contribution >= 4 is 23.4 Å². The number of carbonyl (C=O) groups is 1. The van der Waals surface area contributed by atoms with Gasteiger partial charge in [-0.2, -0.15) is 4.98 Å². The van der Waals surface area contributed by atoms with Crippen LogP contribution in [0.3, 0.4) is 0 Å². The summed E-state index contributed by atoms with van der Waals surface area (Å²) in [5, 5.41) is 9.63. The number of hydrogen-bond donors (Lipinski definition) is 3. The molecule has 0 fully saturated rings. The van der Waals surface area contributed by atoms with Crippen molar-refractivity contribution in [1.29, 1.82) is 0 Å². The van der Waals surface area contributed by atoms with E-state index in [2.05, 4.69) is 38.1 Å². The van der Waals surface area contributed by atoms with Crippen LogP contribution in [-0.2, 0) is 17.6 Å². The Bertz CT molecular complexity index is 1250. The number of amides is 1. The van der Waals surface area contributed by atoms with Crippen molar-refractivity contribution in [2.24, 2.45) is 0 Å². The second kappa shape index (κ2) is 12.4. The highest BCUT2D eigenvalue weighted by atomic mass is 16.5. The van der Waals surface area contributed by atoms with E-state index in [0.29, 0.717) is 30.4 Å². The fourth-order valence-corrected chi connectivity index (χ4v) is 3.83. The summed E-state index contributed by atoms with van der Waals surface area (Å²) in [5.41, 5.74) is 3.80. The number of methoxy groups -OCH3 is 1. The summed E-state index contributed by atoms with van der Waals surface area (Å²) in [4.78, 5) is 22.4. The summed E-state index contributed by atoms with van der Waals surface area (Å²) < 4.78 is 5.21. The molecular weight excluding hydrogens is 450 g/mol. The maximum absolute atomic E-state index is 13.3. The first kappa shape index (κ1) is 24.7. The first-order chi connectivity index (χ1) is 17.6. The van der Waals surface area contributed by atoms with Gasteiger partial charge in [0.2, 0.25) is 11.9 Å². The zero-order valence-corrected chi connectivity index (χ0v) is 20.6. The summed E-state index contributed by atoms with van der Waals surface area (Å²) in [5.74, 6) is 1.70. The fraction of sp³-hybridized carbons (Fsp3) is 0.207. The van der Waals surface area contributed by atoms with E-state index in [4.69, 9.17) is 4.74 Å². The Labute approximate surface area is 212 Å². The predicted molar refractivity (Wildman–Crippen MR) is 145 cm³/mol. The van der Waals surface area contributed by atoms with Gasteiger partial charge in [0, 0.05) is 30.4 Å². The highest BCUT2D eigenvalue weighted by Crippen LogP contribution is 2.18. The predicted octanol–water partition coefficient (Wildman–Crippen LogP) is 5.11. The average molecular weight is 482 g/mol. The maximum atomic E-state index is 13.3. The SMILES string of the molecule is COc1ccc(NC(=O)[C@H](Cc2ccccc2)Nc2cc(C)nc(NCCc3ccccc3)n2)cc1. The minimum atomic E-state index is -0.541. The molecular formula is C29H31N5O2. The summed E-state index contributed by atoms with van der Waals surface area (Å²) in [6.07, 6.45) is 1.37. The van der Waals surface area contributed by atoms with Gasteiger partial charge in [0.25, 0.3) is 0 Å². The van der Waals surface area contributed by atoms with Crippen LogP contribution in [0, 0.1) is 6.92 Å². The van der Waals surface area contributed by atoms with Crippen LogP contribution in [0.5, 0.6) is 5.75 Å². The number of rotatable bonds is 11. The number of anilines is 3. The van der Waals surface area contributed by atoms with Crippen LogP contribution < -0.4 is 20.7 Å². The van der Waals surface area contributed by atoms with Crippen molar-refractivity contribution in [3.8, 4) is 5.75 Å². The molecule has 0 saturated carbocycles. The Balaban J connectivity index is 1.47. The normalized spacial score (nSPS) is 11.4. The average Bonchev–Trinajstić information content (AvgIpc) is 2.90. The number of nitrogens with zero attached hydrogens (tertiary/aromatic N) is 2. The molecule has 1 heterocycles. The molecule has 3 aromatic carbocycles. The molecule has 1 atom stereocenters. The number of hydrogen-bond acceptors (Lipinski definition) is 6. The quantitative estimate of drug-likeness (QED) is 0.276. The van der Waals surface area contributed by atoms with Crippen LogP contribution in [0.15, 0.2) is 91.0 Å². The van der Waals surface area contributed by atoms with Crippen molar-refractivity contribution in [2.75, 3.05) is 29.6 Å². The fourth-order valence-electron chi connectivity index (χ4n) is 3.83. The van der Waals surface area contributed by atoms with Crippen molar-refractivity contribution in [3.05, 3.63) is 108 Å². The molecule has 0 aliphatic heterocycles. The molecule has 0 aliphatic rings. The molecule has 1 amide bonds. The zero-order valence-electron chi connectivity index (χ0n) is 20.6. The molecule has 0 aliphatic carbocycles. The third kappa shape index (κ3) is 7.30. The molecule has 0 bridgehead atoms. The smallest absolute Gasteiger partial charge is 0.247 e. The van der Waals surface area contributed by atoms with Crippen LogP contribution in [0.25, 0.3) is 0 Å². The van der Waals surface area contributed by atoms with Gasteiger partial charge in [-0.1, -0.05) is 60.7 Å². The lowest BCUT2D eigenvalue weighted by molar-refractivity contribution is -0.116. The summed E-state index contributed by atoms with van der Waals surface area (Å²) in [6, 6.07) is 28.8. The molecule has 3 N–H and O–H groups in total. The molecule has 0 spiro atoms. The Morgan fingerprint density at radius 2 is 1.56 bits per heavy atom. The Kier molecular flexibility index (Phi) is 8.48. The van der Waals surface area contributed by atoms with Gasteiger partial charge in [0.05, 0.1) is 7.11 Å². The lowest BCUT2D eigenvalue weighted by atomic mass is 10.0. The number of nitrogens with one attached hydrogen (secondary N) is 3. The second-order valence-corrected chi connectivity index (χ2v) is 8.48. The van der Waals surface area contributed by atoms with Gasteiger partial charge >= 0.3 is 0 Å². The molecule has 184 valence electrons. The van der Waals surface area contributed by atoms with E-state index in [1.54, 1.807) is 7.11 Å².